The predicted molar refractivity (Wildman–Crippen MR) is 90.4 cm³/mol. The van der Waals surface area contributed by atoms with Gasteiger partial charge in [0.25, 0.3) is 0 Å². The number of nitrogens with one attached hydrogen (secondary N) is 1. The third-order valence-electron chi connectivity index (χ3n) is 4.18. The highest BCUT2D eigenvalue weighted by Gasteiger charge is 2.21. The zero-order valence-corrected chi connectivity index (χ0v) is 13.7. The van der Waals surface area contributed by atoms with Gasteiger partial charge in [-0.15, -0.1) is 0 Å². The molecule has 2 aromatic carbocycles. The van der Waals surface area contributed by atoms with Crippen LogP contribution in [-0.4, -0.2) is 38.7 Å². The van der Waals surface area contributed by atoms with Crippen molar-refractivity contribution in [2.75, 3.05) is 33.8 Å². The molecule has 0 bridgehead atoms. The highest BCUT2D eigenvalue weighted by atomic mass is 19.1. The minimum absolute atomic E-state index is 0.121. The van der Waals surface area contributed by atoms with E-state index in [1.54, 1.807) is 0 Å². The van der Waals surface area contributed by atoms with Crippen LogP contribution in [0.3, 0.4) is 0 Å². The van der Waals surface area contributed by atoms with E-state index in [0.29, 0.717) is 6.61 Å². The van der Waals surface area contributed by atoms with Gasteiger partial charge in [0.15, 0.2) is 0 Å². The molecule has 0 fully saturated rings. The number of nitrogens with zero attached hydrogens (tertiary/aromatic N) is 1. The summed E-state index contributed by atoms with van der Waals surface area (Å²) in [6, 6.07) is 13.2. The van der Waals surface area contributed by atoms with Crippen LogP contribution in [0.1, 0.15) is 22.7 Å². The van der Waals surface area contributed by atoms with Crippen molar-refractivity contribution in [3.05, 3.63) is 65.0 Å². The molecular weight excluding hydrogens is 291 g/mol. The number of hydrogen-bond acceptors (Lipinski definition) is 3. The Labute approximate surface area is 137 Å². The second kappa shape index (κ2) is 7.11. The summed E-state index contributed by atoms with van der Waals surface area (Å²) in [5, 5.41) is 3.52. The molecule has 122 valence electrons. The normalized spacial score (nSPS) is 17.1. The van der Waals surface area contributed by atoms with Crippen molar-refractivity contribution in [2.24, 2.45) is 0 Å². The molecule has 2 aromatic rings. The van der Waals surface area contributed by atoms with Gasteiger partial charge >= 0.3 is 0 Å². The van der Waals surface area contributed by atoms with Gasteiger partial charge in [-0.2, -0.15) is 0 Å². The van der Waals surface area contributed by atoms with Gasteiger partial charge < -0.3 is 15.0 Å². The zero-order valence-electron chi connectivity index (χ0n) is 13.7. The lowest BCUT2D eigenvalue weighted by Crippen LogP contribution is -2.30. The van der Waals surface area contributed by atoms with Gasteiger partial charge in [0.05, 0.1) is 6.04 Å². The van der Waals surface area contributed by atoms with Gasteiger partial charge in [0.1, 0.15) is 18.2 Å². The van der Waals surface area contributed by atoms with Crippen LogP contribution < -0.4 is 10.1 Å². The molecular formula is C19H23FN2O. The third-order valence-corrected chi connectivity index (χ3v) is 4.18. The standard InChI is InChI=1S/C19H23FN2O/c1-22(2)11-12-23-17-7-8-18-15(13-17)9-10-21-19(18)14-3-5-16(20)6-4-14/h3-8,13,19,21H,9-12H2,1-2H3. The zero-order chi connectivity index (χ0) is 16.2. The summed E-state index contributed by atoms with van der Waals surface area (Å²) in [5.41, 5.74) is 3.65. The lowest BCUT2D eigenvalue weighted by Gasteiger charge is -2.28. The second-order valence-corrected chi connectivity index (χ2v) is 6.20. The molecule has 1 aliphatic heterocycles. The fraction of sp³-hybridized carbons (Fsp3) is 0.368. The van der Waals surface area contributed by atoms with Gasteiger partial charge in [-0.1, -0.05) is 18.2 Å². The molecule has 0 saturated carbocycles. The maximum Gasteiger partial charge on any atom is 0.123 e. The fourth-order valence-corrected chi connectivity index (χ4v) is 2.93. The number of likely N-dealkylation sites (N-methyl/N-ethyl adjacent to an activating group) is 1. The van der Waals surface area contributed by atoms with Crippen LogP contribution >= 0.6 is 0 Å². The number of ether oxygens (including phenoxy) is 1. The fourth-order valence-electron chi connectivity index (χ4n) is 2.93. The Kier molecular flexibility index (Phi) is 4.94. The van der Waals surface area contributed by atoms with Crippen LogP contribution in [0.5, 0.6) is 5.75 Å². The van der Waals surface area contributed by atoms with E-state index in [-0.39, 0.29) is 11.9 Å². The first-order chi connectivity index (χ1) is 11.1. The first-order valence-electron chi connectivity index (χ1n) is 8.02. The molecule has 0 aliphatic carbocycles. The minimum atomic E-state index is -0.200. The van der Waals surface area contributed by atoms with Crippen molar-refractivity contribution in [1.82, 2.24) is 10.2 Å². The Balaban J connectivity index is 1.78. The maximum atomic E-state index is 13.1. The molecule has 0 spiro atoms. The second-order valence-electron chi connectivity index (χ2n) is 6.20. The number of hydrogen-bond donors (Lipinski definition) is 1. The summed E-state index contributed by atoms with van der Waals surface area (Å²) in [5.74, 6) is 0.722. The summed E-state index contributed by atoms with van der Waals surface area (Å²) in [6.07, 6.45) is 0.984. The first-order valence-corrected chi connectivity index (χ1v) is 8.02. The van der Waals surface area contributed by atoms with Gasteiger partial charge in [0, 0.05) is 13.1 Å². The molecule has 3 nitrogen and oxygen atoms in total. The van der Waals surface area contributed by atoms with Crippen LogP contribution in [-0.2, 0) is 6.42 Å². The molecule has 23 heavy (non-hydrogen) atoms. The van der Waals surface area contributed by atoms with Gasteiger partial charge in [-0.05, 0) is 61.5 Å². The lowest BCUT2D eigenvalue weighted by molar-refractivity contribution is 0.261. The molecule has 1 atom stereocenters. The molecule has 0 amide bonds. The molecule has 0 saturated heterocycles. The Hall–Kier alpha value is -1.91. The molecule has 0 aromatic heterocycles. The summed E-state index contributed by atoms with van der Waals surface area (Å²) in [7, 11) is 4.07. The Morgan fingerprint density at radius 3 is 2.70 bits per heavy atom. The monoisotopic (exact) mass is 314 g/mol. The highest BCUT2D eigenvalue weighted by Crippen LogP contribution is 2.31. The molecule has 3 rings (SSSR count). The van der Waals surface area contributed by atoms with E-state index >= 15 is 0 Å². The molecule has 1 N–H and O–H groups in total. The summed E-state index contributed by atoms with van der Waals surface area (Å²) < 4.78 is 19.0. The largest absolute Gasteiger partial charge is 0.492 e. The Morgan fingerprint density at radius 1 is 1.17 bits per heavy atom. The predicted octanol–water partition coefficient (Wildman–Crippen LogP) is 3.00. The third kappa shape index (κ3) is 3.89. The van der Waals surface area contributed by atoms with Gasteiger partial charge in [0.2, 0.25) is 0 Å². The Morgan fingerprint density at radius 2 is 1.96 bits per heavy atom. The van der Waals surface area contributed by atoms with Crippen LogP contribution in [0.2, 0.25) is 0 Å². The molecule has 1 aliphatic rings. The van der Waals surface area contributed by atoms with Crippen molar-refractivity contribution >= 4 is 0 Å². The van der Waals surface area contributed by atoms with Crippen LogP contribution in [0.15, 0.2) is 42.5 Å². The first kappa shape index (κ1) is 16.0. The van der Waals surface area contributed by atoms with E-state index < -0.39 is 0 Å². The lowest BCUT2D eigenvalue weighted by atomic mass is 9.90. The van der Waals surface area contributed by atoms with Crippen molar-refractivity contribution < 1.29 is 9.13 Å². The van der Waals surface area contributed by atoms with E-state index in [1.807, 2.05) is 32.3 Å². The van der Waals surface area contributed by atoms with Crippen molar-refractivity contribution in [3.63, 3.8) is 0 Å². The highest BCUT2D eigenvalue weighted by molar-refractivity contribution is 5.43. The average Bonchev–Trinajstić information content (AvgIpc) is 2.54. The van der Waals surface area contributed by atoms with E-state index in [9.17, 15) is 4.39 Å². The van der Waals surface area contributed by atoms with Crippen LogP contribution in [0, 0.1) is 5.82 Å². The topological polar surface area (TPSA) is 24.5 Å². The quantitative estimate of drug-likeness (QED) is 0.918. The van der Waals surface area contributed by atoms with Crippen molar-refractivity contribution in [3.8, 4) is 5.75 Å². The van der Waals surface area contributed by atoms with Crippen molar-refractivity contribution in [2.45, 2.75) is 12.5 Å². The van der Waals surface area contributed by atoms with Gasteiger partial charge in [-0.25, -0.2) is 4.39 Å². The van der Waals surface area contributed by atoms with E-state index in [0.717, 1.165) is 30.8 Å². The summed E-state index contributed by atoms with van der Waals surface area (Å²) in [4.78, 5) is 2.10. The van der Waals surface area contributed by atoms with Gasteiger partial charge in [-0.3, -0.25) is 0 Å². The average molecular weight is 314 g/mol. The number of benzene rings is 2. The number of fused-ring (bicyclic) bond motifs is 1. The molecule has 1 heterocycles. The number of rotatable bonds is 5. The molecule has 4 heteroatoms. The van der Waals surface area contributed by atoms with Crippen LogP contribution in [0.25, 0.3) is 0 Å². The van der Waals surface area contributed by atoms with Crippen molar-refractivity contribution in [1.29, 1.82) is 0 Å². The maximum absolute atomic E-state index is 13.1. The summed E-state index contributed by atoms with van der Waals surface area (Å²) >= 11 is 0. The van der Waals surface area contributed by atoms with E-state index in [2.05, 4.69) is 22.3 Å². The molecule has 1 unspecified atom stereocenters. The van der Waals surface area contributed by atoms with E-state index in [4.69, 9.17) is 4.74 Å². The number of halogens is 1. The SMILES string of the molecule is CN(C)CCOc1ccc2c(c1)CCNC2c1ccc(F)cc1. The Bertz CT molecular complexity index is 655. The smallest absolute Gasteiger partial charge is 0.123 e. The molecule has 0 radical (unpaired) electrons. The summed E-state index contributed by atoms with van der Waals surface area (Å²) in [6.45, 7) is 2.50. The van der Waals surface area contributed by atoms with Crippen LogP contribution in [0.4, 0.5) is 4.39 Å². The minimum Gasteiger partial charge on any atom is -0.492 e. The van der Waals surface area contributed by atoms with E-state index in [1.165, 1.54) is 23.3 Å².